The summed E-state index contributed by atoms with van der Waals surface area (Å²) in [6.45, 7) is 4.39. The fraction of sp³-hybridized carbons (Fsp3) is 0.333. The first-order chi connectivity index (χ1) is 9.08. The Balaban J connectivity index is 2.23. The molecule has 0 aliphatic heterocycles. The number of pyridine rings is 2. The highest BCUT2D eigenvalue weighted by molar-refractivity contribution is 5.47. The SMILES string of the molecule is Cc1cccc(CN(C)c2ncccc2C(C)O)n1. The molecule has 0 bridgehead atoms. The van der Waals surface area contributed by atoms with Gasteiger partial charge < -0.3 is 10.0 Å². The van der Waals surface area contributed by atoms with Crippen LogP contribution in [0.1, 0.15) is 30.0 Å². The number of aliphatic hydroxyl groups is 1. The molecule has 2 aromatic heterocycles. The van der Waals surface area contributed by atoms with Crippen molar-refractivity contribution in [2.24, 2.45) is 0 Å². The number of aromatic nitrogens is 2. The number of aryl methyl sites for hydroxylation is 1. The van der Waals surface area contributed by atoms with E-state index in [1.807, 2.05) is 49.2 Å². The third-order valence-corrected chi connectivity index (χ3v) is 2.97. The molecule has 4 heteroatoms. The molecule has 2 aromatic rings. The lowest BCUT2D eigenvalue weighted by Crippen LogP contribution is -2.20. The highest BCUT2D eigenvalue weighted by Crippen LogP contribution is 2.23. The van der Waals surface area contributed by atoms with Crippen molar-refractivity contribution < 1.29 is 5.11 Å². The Labute approximate surface area is 113 Å². The minimum atomic E-state index is -0.531. The summed E-state index contributed by atoms with van der Waals surface area (Å²) < 4.78 is 0. The predicted octanol–water partition coefficient (Wildman–Crippen LogP) is 2.47. The molecule has 0 saturated carbocycles. The van der Waals surface area contributed by atoms with Crippen LogP contribution in [0, 0.1) is 6.92 Å². The van der Waals surface area contributed by atoms with Crippen molar-refractivity contribution in [3.63, 3.8) is 0 Å². The second-order valence-electron chi connectivity index (χ2n) is 4.72. The molecule has 19 heavy (non-hydrogen) atoms. The molecule has 0 saturated heterocycles. The highest BCUT2D eigenvalue weighted by Gasteiger charge is 2.13. The van der Waals surface area contributed by atoms with Gasteiger partial charge in [-0.25, -0.2) is 4.98 Å². The minimum Gasteiger partial charge on any atom is -0.389 e. The third-order valence-electron chi connectivity index (χ3n) is 2.97. The Hall–Kier alpha value is -1.94. The maximum absolute atomic E-state index is 9.78. The summed E-state index contributed by atoms with van der Waals surface area (Å²) in [5.41, 5.74) is 2.82. The van der Waals surface area contributed by atoms with Crippen LogP contribution in [-0.4, -0.2) is 22.1 Å². The molecule has 0 radical (unpaired) electrons. The first-order valence-corrected chi connectivity index (χ1v) is 6.34. The first-order valence-electron chi connectivity index (χ1n) is 6.34. The van der Waals surface area contributed by atoms with E-state index < -0.39 is 6.10 Å². The topological polar surface area (TPSA) is 49.2 Å². The van der Waals surface area contributed by atoms with Gasteiger partial charge in [0.15, 0.2) is 0 Å². The lowest BCUT2D eigenvalue weighted by molar-refractivity contribution is 0.199. The standard InChI is InChI=1S/C15H19N3O/c1-11-6-4-7-13(17-11)10-18(3)15-14(12(2)19)8-5-9-16-15/h4-9,12,19H,10H2,1-3H3. The Morgan fingerprint density at radius 3 is 2.74 bits per heavy atom. The van der Waals surface area contributed by atoms with E-state index in [1.165, 1.54) is 0 Å². The quantitative estimate of drug-likeness (QED) is 0.914. The van der Waals surface area contributed by atoms with Crippen LogP contribution < -0.4 is 4.90 Å². The van der Waals surface area contributed by atoms with Gasteiger partial charge in [-0.15, -0.1) is 0 Å². The lowest BCUT2D eigenvalue weighted by Gasteiger charge is -2.21. The monoisotopic (exact) mass is 257 g/mol. The van der Waals surface area contributed by atoms with Gasteiger partial charge in [0.25, 0.3) is 0 Å². The molecule has 0 aromatic carbocycles. The normalized spacial score (nSPS) is 12.2. The minimum absolute atomic E-state index is 0.531. The highest BCUT2D eigenvalue weighted by atomic mass is 16.3. The fourth-order valence-corrected chi connectivity index (χ4v) is 2.06. The van der Waals surface area contributed by atoms with Gasteiger partial charge in [-0.3, -0.25) is 4.98 Å². The van der Waals surface area contributed by atoms with Crippen LogP contribution in [0.3, 0.4) is 0 Å². The summed E-state index contributed by atoms with van der Waals surface area (Å²) in [4.78, 5) is 10.8. The van der Waals surface area contributed by atoms with Crippen molar-refractivity contribution in [3.05, 3.63) is 53.5 Å². The van der Waals surface area contributed by atoms with Crippen molar-refractivity contribution in [1.29, 1.82) is 0 Å². The molecule has 0 aliphatic carbocycles. The van der Waals surface area contributed by atoms with E-state index in [1.54, 1.807) is 13.1 Å². The number of nitrogens with zero attached hydrogens (tertiary/aromatic N) is 3. The van der Waals surface area contributed by atoms with Gasteiger partial charge in [-0.1, -0.05) is 12.1 Å². The summed E-state index contributed by atoms with van der Waals surface area (Å²) >= 11 is 0. The molecule has 1 atom stereocenters. The third kappa shape index (κ3) is 3.29. The molecule has 1 N–H and O–H groups in total. The number of rotatable bonds is 4. The molecule has 0 aliphatic rings. The fourth-order valence-electron chi connectivity index (χ4n) is 2.06. The van der Waals surface area contributed by atoms with E-state index in [4.69, 9.17) is 0 Å². The summed E-state index contributed by atoms with van der Waals surface area (Å²) in [6.07, 6.45) is 1.21. The molecule has 2 rings (SSSR count). The first kappa shape index (κ1) is 13.5. The largest absolute Gasteiger partial charge is 0.389 e. The maximum atomic E-state index is 9.78. The lowest BCUT2D eigenvalue weighted by atomic mass is 10.1. The van der Waals surface area contributed by atoms with Crippen LogP contribution >= 0.6 is 0 Å². The van der Waals surface area contributed by atoms with Gasteiger partial charge in [0.1, 0.15) is 5.82 Å². The number of hydrogen-bond donors (Lipinski definition) is 1. The van der Waals surface area contributed by atoms with Crippen molar-refractivity contribution in [1.82, 2.24) is 9.97 Å². The summed E-state index contributed by atoms with van der Waals surface area (Å²) in [5, 5.41) is 9.78. The average Bonchev–Trinajstić information content (AvgIpc) is 2.38. The van der Waals surface area contributed by atoms with Gasteiger partial charge in [0, 0.05) is 24.5 Å². The molecule has 0 spiro atoms. The van der Waals surface area contributed by atoms with E-state index in [2.05, 4.69) is 9.97 Å². The zero-order valence-electron chi connectivity index (χ0n) is 11.5. The molecule has 0 amide bonds. The Morgan fingerprint density at radius 2 is 2.05 bits per heavy atom. The van der Waals surface area contributed by atoms with E-state index in [9.17, 15) is 5.11 Å². The number of anilines is 1. The molecule has 2 heterocycles. The average molecular weight is 257 g/mol. The van der Waals surface area contributed by atoms with Crippen LogP contribution in [0.25, 0.3) is 0 Å². The molecule has 100 valence electrons. The Morgan fingerprint density at radius 1 is 1.26 bits per heavy atom. The number of hydrogen-bond acceptors (Lipinski definition) is 4. The van der Waals surface area contributed by atoms with E-state index in [-0.39, 0.29) is 0 Å². The van der Waals surface area contributed by atoms with Gasteiger partial charge in [0.05, 0.1) is 18.3 Å². The summed E-state index contributed by atoms with van der Waals surface area (Å²) in [7, 11) is 1.96. The zero-order valence-corrected chi connectivity index (χ0v) is 11.5. The molecular weight excluding hydrogens is 238 g/mol. The summed E-state index contributed by atoms with van der Waals surface area (Å²) in [5.74, 6) is 0.792. The predicted molar refractivity (Wildman–Crippen MR) is 76.0 cm³/mol. The van der Waals surface area contributed by atoms with Crippen molar-refractivity contribution in [3.8, 4) is 0 Å². The van der Waals surface area contributed by atoms with E-state index in [0.29, 0.717) is 6.54 Å². The maximum Gasteiger partial charge on any atom is 0.134 e. The van der Waals surface area contributed by atoms with Gasteiger partial charge >= 0.3 is 0 Å². The number of aliphatic hydroxyl groups excluding tert-OH is 1. The van der Waals surface area contributed by atoms with E-state index >= 15 is 0 Å². The van der Waals surface area contributed by atoms with Gasteiger partial charge in [-0.05, 0) is 32.0 Å². The second kappa shape index (κ2) is 5.80. The van der Waals surface area contributed by atoms with Crippen LogP contribution in [0.2, 0.25) is 0 Å². The second-order valence-corrected chi connectivity index (χ2v) is 4.72. The van der Waals surface area contributed by atoms with Gasteiger partial charge in [0.2, 0.25) is 0 Å². The molecular formula is C15H19N3O. The van der Waals surface area contributed by atoms with Gasteiger partial charge in [-0.2, -0.15) is 0 Å². The van der Waals surface area contributed by atoms with Crippen molar-refractivity contribution in [2.75, 3.05) is 11.9 Å². The molecule has 4 nitrogen and oxygen atoms in total. The molecule has 0 fully saturated rings. The zero-order chi connectivity index (χ0) is 13.8. The van der Waals surface area contributed by atoms with Crippen molar-refractivity contribution in [2.45, 2.75) is 26.5 Å². The van der Waals surface area contributed by atoms with Crippen LogP contribution in [0.15, 0.2) is 36.5 Å². The van der Waals surface area contributed by atoms with Crippen LogP contribution in [0.5, 0.6) is 0 Å². The Kier molecular flexibility index (Phi) is 4.12. The summed E-state index contributed by atoms with van der Waals surface area (Å²) in [6, 6.07) is 9.71. The smallest absolute Gasteiger partial charge is 0.134 e. The van der Waals surface area contributed by atoms with Crippen LogP contribution in [0.4, 0.5) is 5.82 Å². The molecule has 1 unspecified atom stereocenters. The van der Waals surface area contributed by atoms with E-state index in [0.717, 1.165) is 22.8 Å². The van der Waals surface area contributed by atoms with Crippen molar-refractivity contribution >= 4 is 5.82 Å². The van der Waals surface area contributed by atoms with Crippen LogP contribution in [-0.2, 0) is 6.54 Å². The Bertz CT molecular complexity index is 555.